The van der Waals surface area contributed by atoms with Crippen molar-refractivity contribution in [3.8, 4) is 5.75 Å². The van der Waals surface area contributed by atoms with Crippen LogP contribution >= 0.6 is 11.6 Å². The fraction of sp³-hybridized carbons (Fsp3) is 0.467. The van der Waals surface area contributed by atoms with Gasteiger partial charge in [0.2, 0.25) is 0 Å². The second-order valence-corrected chi connectivity index (χ2v) is 5.47. The Morgan fingerprint density at radius 2 is 1.95 bits per heavy atom. The van der Waals surface area contributed by atoms with Crippen LogP contribution in [-0.4, -0.2) is 31.6 Å². The standard InChI is InChI=1S/C15H20ClNO4/c1-9(2)8-17-14(18)10(3)21-15(19)12-7-11(16)5-6-13(12)20-4/h5-7,9-10H,8H2,1-4H3,(H,17,18)/t10-/m0/s1. The minimum Gasteiger partial charge on any atom is -0.496 e. The lowest BCUT2D eigenvalue weighted by atomic mass is 10.2. The summed E-state index contributed by atoms with van der Waals surface area (Å²) in [4.78, 5) is 23.9. The van der Waals surface area contributed by atoms with Crippen molar-refractivity contribution in [3.05, 3.63) is 28.8 Å². The number of ether oxygens (including phenoxy) is 2. The summed E-state index contributed by atoms with van der Waals surface area (Å²) in [5.41, 5.74) is 0.188. The molecule has 0 saturated carbocycles. The number of rotatable bonds is 6. The van der Waals surface area contributed by atoms with Crippen molar-refractivity contribution >= 4 is 23.5 Å². The van der Waals surface area contributed by atoms with Crippen LogP contribution in [0.3, 0.4) is 0 Å². The van der Waals surface area contributed by atoms with E-state index in [4.69, 9.17) is 21.1 Å². The van der Waals surface area contributed by atoms with Crippen LogP contribution in [0.15, 0.2) is 18.2 Å². The number of nitrogens with one attached hydrogen (secondary N) is 1. The lowest BCUT2D eigenvalue weighted by Gasteiger charge is -2.15. The van der Waals surface area contributed by atoms with Crippen LogP contribution in [0.5, 0.6) is 5.75 Å². The topological polar surface area (TPSA) is 64.6 Å². The lowest BCUT2D eigenvalue weighted by Crippen LogP contribution is -2.37. The summed E-state index contributed by atoms with van der Waals surface area (Å²) in [5.74, 6) is -0.316. The number of hydrogen-bond acceptors (Lipinski definition) is 4. The van der Waals surface area contributed by atoms with Gasteiger partial charge in [-0.3, -0.25) is 4.79 Å². The lowest BCUT2D eigenvalue weighted by molar-refractivity contribution is -0.129. The molecule has 21 heavy (non-hydrogen) atoms. The maximum Gasteiger partial charge on any atom is 0.342 e. The van der Waals surface area contributed by atoms with E-state index in [2.05, 4.69) is 5.32 Å². The molecule has 5 nitrogen and oxygen atoms in total. The molecule has 0 radical (unpaired) electrons. The summed E-state index contributed by atoms with van der Waals surface area (Å²) in [6.45, 7) is 6.01. The molecule has 1 atom stereocenters. The van der Waals surface area contributed by atoms with Gasteiger partial charge in [0.1, 0.15) is 11.3 Å². The van der Waals surface area contributed by atoms with Crippen molar-refractivity contribution in [2.45, 2.75) is 26.9 Å². The number of benzene rings is 1. The number of amides is 1. The Bertz CT molecular complexity index is 516. The van der Waals surface area contributed by atoms with Crippen molar-refractivity contribution in [2.75, 3.05) is 13.7 Å². The predicted octanol–water partition coefficient (Wildman–Crippen LogP) is 2.67. The van der Waals surface area contributed by atoms with Crippen LogP contribution in [0.1, 0.15) is 31.1 Å². The summed E-state index contributed by atoms with van der Waals surface area (Å²) >= 11 is 5.86. The number of carbonyl (C=O) groups excluding carboxylic acids is 2. The molecule has 116 valence electrons. The quantitative estimate of drug-likeness (QED) is 0.820. The minimum absolute atomic E-state index is 0.188. The third-order valence-corrected chi connectivity index (χ3v) is 2.95. The fourth-order valence-electron chi connectivity index (χ4n) is 1.57. The highest BCUT2D eigenvalue weighted by atomic mass is 35.5. The van der Waals surface area contributed by atoms with E-state index in [1.807, 2.05) is 13.8 Å². The Kier molecular flexibility index (Phi) is 6.49. The first kappa shape index (κ1) is 17.3. The normalized spacial score (nSPS) is 11.9. The van der Waals surface area contributed by atoms with Crippen LogP contribution < -0.4 is 10.1 Å². The Morgan fingerprint density at radius 3 is 2.52 bits per heavy atom. The van der Waals surface area contributed by atoms with E-state index in [9.17, 15) is 9.59 Å². The first-order chi connectivity index (χ1) is 9.85. The summed E-state index contributed by atoms with van der Waals surface area (Å²) in [7, 11) is 1.44. The van der Waals surface area contributed by atoms with Crippen LogP contribution in [0.4, 0.5) is 0 Å². The molecule has 1 rings (SSSR count). The molecule has 0 unspecified atom stereocenters. The third-order valence-electron chi connectivity index (χ3n) is 2.72. The predicted molar refractivity (Wildman–Crippen MR) is 80.7 cm³/mol. The zero-order chi connectivity index (χ0) is 16.0. The van der Waals surface area contributed by atoms with Crippen LogP contribution in [-0.2, 0) is 9.53 Å². The van der Waals surface area contributed by atoms with E-state index in [-0.39, 0.29) is 11.5 Å². The van der Waals surface area contributed by atoms with Crippen molar-refractivity contribution in [2.24, 2.45) is 5.92 Å². The van der Waals surface area contributed by atoms with Gasteiger partial charge in [0.15, 0.2) is 6.10 Å². The highest BCUT2D eigenvalue weighted by Crippen LogP contribution is 2.23. The SMILES string of the molecule is COc1ccc(Cl)cc1C(=O)O[C@@H](C)C(=O)NCC(C)C. The summed E-state index contributed by atoms with van der Waals surface area (Å²) in [6, 6.07) is 4.62. The van der Waals surface area contributed by atoms with Gasteiger partial charge < -0.3 is 14.8 Å². The number of halogens is 1. The summed E-state index contributed by atoms with van der Waals surface area (Å²) in [6.07, 6.45) is -0.889. The smallest absolute Gasteiger partial charge is 0.342 e. The van der Waals surface area contributed by atoms with E-state index in [0.29, 0.717) is 23.2 Å². The second-order valence-electron chi connectivity index (χ2n) is 5.03. The molecule has 0 fully saturated rings. The monoisotopic (exact) mass is 313 g/mol. The van der Waals surface area contributed by atoms with Crippen LogP contribution in [0.2, 0.25) is 5.02 Å². The van der Waals surface area contributed by atoms with Gasteiger partial charge in [-0.2, -0.15) is 0 Å². The maximum absolute atomic E-state index is 12.1. The molecule has 0 saturated heterocycles. The van der Waals surface area contributed by atoms with Gasteiger partial charge in [-0.1, -0.05) is 25.4 Å². The molecule has 0 heterocycles. The van der Waals surface area contributed by atoms with E-state index in [1.54, 1.807) is 12.1 Å². The second kappa shape index (κ2) is 7.88. The molecular formula is C15H20ClNO4. The van der Waals surface area contributed by atoms with E-state index >= 15 is 0 Å². The molecule has 1 aromatic rings. The Balaban J connectivity index is 2.72. The fourth-order valence-corrected chi connectivity index (χ4v) is 1.74. The van der Waals surface area contributed by atoms with Crippen LogP contribution in [0.25, 0.3) is 0 Å². The Morgan fingerprint density at radius 1 is 1.29 bits per heavy atom. The largest absolute Gasteiger partial charge is 0.496 e. The van der Waals surface area contributed by atoms with E-state index < -0.39 is 12.1 Å². The average Bonchev–Trinajstić information content (AvgIpc) is 2.44. The summed E-state index contributed by atoms with van der Waals surface area (Å²) < 4.78 is 10.2. The molecule has 0 spiro atoms. The Labute approximate surface area is 129 Å². The Hall–Kier alpha value is -1.75. The highest BCUT2D eigenvalue weighted by Gasteiger charge is 2.21. The zero-order valence-corrected chi connectivity index (χ0v) is 13.4. The molecule has 0 aliphatic carbocycles. The number of hydrogen-bond donors (Lipinski definition) is 1. The first-order valence-electron chi connectivity index (χ1n) is 6.67. The third kappa shape index (κ3) is 5.27. The van der Waals surface area contributed by atoms with Gasteiger partial charge in [-0.15, -0.1) is 0 Å². The van der Waals surface area contributed by atoms with Gasteiger partial charge in [-0.25, -0.2) is 4.79 Å². The van der Waals surface area contributed by atoms with Crippen molar-refractivity contribution < 1.29 is 19.1 Å². The molecule has 6 heteroatoms. The highest BCUT2D eigenvalue weighted by molar-refractivity contribution is 6.31. The van der Waals surface area contributed by atoms with E-state index in [1.165, 1.54) is 20.1 Å². The molecule has 0 aromatic heterocycles. The molecule has 1 aromatic carbocycles. The van der Waals surface area contributed by atoms with Gasteiger partial charge >= 0.3 is 5.97 Å². The van der Waals surface area contributed by atoms with Crippen molar-refractivity contribution in [1.29, 1.82) is 0 Å². The molecule has 0 bridgehead atoms. The minimum atomic E-state index is -0.889. The van der Waals surface area contributed by atoms with Gasteiger partial charge in [0, 0.05) is 11.6 Å². The molecule has 0 aliphatic rings. The van der Waals surface area contributed by atoms with Gasteiger partial charge in [-0.05, 0) is 31.0 Å². The average molecular weight is 314 g/mol. The van der Waals surface area contributed by atoms with Crippen molar-refractivity contribution in [3.63, 3.8) is 0 Å². The van der Waals surface area contributed by atoms with Gasteiger partial charge in [0.25, 0.3) is 5.91 Å². The maximum atomic E-state index is 12.1. The van der Waals surface area contributed by atoms with Crippen LogP contribution in [0, 0.1) is 5.92 Å². The molecule has 1 N–H and O–H groups in total. The molecule has 1 amide bonds. The number of methoxy groups -OCH3 is 1. The van der Waals surface area contributed by atoms with Crippen molar-refractivity contribution in [1.82, 2.24) is 5.32 Å². The molecular weight excluding hydrogens is 294 g/mol. The zero-order valence-electron chi connectivity index (χ0n) is 12.6. The summed E-state index contributed by atoms with van der Waals surface area (Å²) in [5, 5.41) is 3.09. The number of carbonyl (C=O) groups is 2. The van der Waals surface area contributed by atoms with E-state index in [0.717, 1.165) is 0 Å². The number of esters is 1. The molecule has 0 aliphatic heterocycles. The first-order valence-corrected chi connectivity index (χ1v) is 7.05. The van der Waals surface area contributed by atoms with Gasteiger partial charge in [0.05, 0.1) is 7.11 Å².